The lowest BCUT2D eigenvalue weighted by Crippen LogP contribution is -2.58. The Labute approximate surface area is 147 Å². The molecule has 8 nitrogen and oxygen atoms in total. The Morgan fingerprint density at radius 1 is 1.28 bits per heavy atom. The third-order valence-corrected chi connectivity index (χ3v) is 4.35. The molecule has 25 heavy (non-hydrogen) atoms. The quantitative estimate of drug-likeness (QED) is 0.844. The molecular formula is C17H25N7O. The highest BCUT2D eigenvalue weighted by Crippen LogP contribution is 2.15. The number of para-hydroxylation sites is 1. The second-order valence-electron chi connectivity index (χ2n) is 6.57. The molecule has 2 heterocycles. The molecule has 3 atom stereocenters. The fourth-order valence-electron chi connectivity index (χ4n) is 3.24. The normalized spacial score (nSPS) is 21.8. The van der Waals surface area contributed by atoms with Crippen molar-refractivity contribution in [2.24, 2.45) is 0 Å². The zero-order valence-electron chi connectivity index (χ0n) is 14.9. The van der Waals surface area contributed by atoms with E-state index in [-0.39, 0.29) is 11.9 Å². The monoisotopic (exact) mass is 343 g/mol. The van der Waals surface area contributed by atoms with Crippen LogP contribution >= 0.6 is 0 Å². The van der Waals surface area contributed by atoms with E-state index in [0.29, 0.717) is 37.5 Å². The lowest BCUT2D eigenvalue weighted by Gasteiger charge is -2.37. The van der Waals surface area contributed by atoms with Crippen molar-refractivity contribution in [1.82, 2.24) is 30.4 Å². The Balaban J connectivity index is 1.75. The van der Waals surface area contributed by atoms with E-state index >= 15 is 0 Å². The topological polar surface area (TPSA) is 88.0 Å². The summed E-state index contributed by atoms with van der Waals surface area (Å²) in [5.41, 5.74) is 0.849. The van der Waals surface area contributed by atoms with Gasteiger partial charge in [-0.05, 0) is 42.8 Å². The molecule has 0 spiro atoms. The summed E-state index contributed by atoms with van der Waals surface area (Å²) in [6.07, 6.45) is 0.660. The van der Waals surface area contributed by atoms with Gasteiger partial charge < -0.3 is 15.5 Å². The van der Waals surface area contributed by atoms with Crippen LogP contribution in [-0.4, -0.2) is 62.2 Å². The summed E-state index contributed by atoms with van der Waals surface area (Å²) in [6.45, 7) is 7.61. The number of piperazine rings is 1. The number of carbonyl (C=O) groups is 1. The standard InChI is InChI=1S/C17H25N7O/c1-4-15(16(25)23-10-12(2)18-13(3)11-23)19-17-20-21-22-24(17)14-8-6-5-7-9-14/h5-9,12-13,15,18H,4,10-11H2,1-3H3,(H,19,20,22)/t12-,13-,15+/m1/s1. The molecule has 0 saturated carbocycles. The fourth-order valence-corrected chi connectivity index (χ4v) is 3.24. The molecule has 8 heteroatoms. The van der Waals surface area contributed by atoms with E-state index in [0.717, 1.165) is 5.69 Å². The molecule has 2 aromatic rings. The molecule has 0 bridgehead atoms. The molecule has 2 N–H and O–H groups in total. The van der Waals surface area contributed by atoms with Crippen LogP contribution in [0.1, 0.15) is 27.2 Å². The van der Waals surface area contributed by atoms with E-state index in [1.54, 1.807) is 4.68 Å². The molecule has 1 aliphatic heterocycles. The molecule has 1 fully saturated rings. The Hall–Kier alpha value is -2.48. The maximum Gasteiger partial charge on any atom is 0.248 e. The van der Waals surface area contributed by atoms with Crippen LogP contribution in [0.2, 0.25) is 0 Å². The van der Waals surface area contributed by atoms with Gasteiger partial charge in [-0.2, -0.15) is 4.68 Å². The van der Waals surface area contributed by atoms with Gasteiger partial charge in [-0.3, -0.25) is 4.79 Å². The van der Waals surface area contributed by atoms with Gasteiger partial charge in [-0.25, -0.2) is 0 Å². The summed E-state index contributed by atoms with van der Waals surface area (Å²) >= 11 is 0. The largest absolute Gasteiger partial charge is 0.341 e. The Morgan fingerprint density at radius 2 is 1.96 bits per heavy atom. The van der Waals surface area contributed by atoms with E-state index in [1.165, 1.54) is 0 Å². The molecule has 0 aliphatic carbocycles. The van der Waals surface area contributed by atoms with Gasteiger partial charge in [0.1, 0.15) is 6.04 Å². The second kappa shape index (κ2) is 7.60. The molecule has 0 unspecified atom stereocenters. The first-order valence-corrected chi connectivity index (χ1v) is 8.73. The van der Waals surface area contributed by atoms with Gasteiger partial charge in [0.05, 0.1) is 5.69 Å². The molecular weight excluding hydrogens is 318 g/mol. The molecule has 134 valence electrons. The molecule has 3 rings (SSSR count). The molecule has 1 aromatic carbocycles. The first kappa shape index (κ1) is 17.3. The zero-order valence-corrected chi connectivity index (χ0v) is 14.9. The summed E-state index contributed by atoms with van der Waals surface area (Å²) < 4.78 is 1.61. The number of nitrogens with zero attached hydrogens (tertiary/aromatic N) is 5. The van der Waals surface area contributed by atoms with Crippen LogP contribution < -0.4 is 10.6 Å². The van der Waals surface area contributed by atoms with Crippen molar-refractivity contribution in [3.05, 3.63) is 30.3 Å². The Bertz CT molecular complexity index is 692. The predicted molar refractivity (Wildman–Crippen MR) is 95.5 cm³/mol. The maximum atomic E-state index is 13.0. The number of benzene rings is 1. The van der Waals surface area contributed by atoms with Gasteiger partial charge in [0, 0.05) is 25.2 Å². The number of hydrogen-bond acceptors (Lipinski definition) is 6. The molecule has 0 radical (unpaired) electrons. The van der Waals surface area contributed by atoms with E-state index in [2.05, 4.69) is 40.0 Å². The second-order valence-corrected chi connectivity index (χ2v) is 6.57. The molecule has 1 saturated heterocycles. The average Bonchev–Trinajstić information content (AvgIpc) is 3.07. The number of amides is 1. The number of carbonyl (C=O) groups excluding carboxylic acids is 1. The van der Waals surface area contributed by atoms with E-state index in [4.69, 9.17) is 0 Å². The molecule has 1 amide bonds. The predicted octanol–water partition coefficient (Wildman–Crippen LogP) is 1.06. The summed E-state index contributed by atoms with van der Waals surface area (Å²) in [6, 6.07) is 9.85. The lowest BCUT2D eigenvalue weighted by atomic mass is 10.1. The minimum Gasteiger partial charge on any atom is -0.341 e. The number of tetrazole rings is 1. The summed E-state index contributed by atoms with van der Waals surface area (Å²) in [7, 11) is 0. The smallest absolute Gasteiger partial charge is 0.248 e. The summed E-state index contributed by atoms with van der Waals surface area (Å²) in [4.78, 5) is 14.9. The maximum absolute atomic E-state index is 13.0. The first-order chi connectivity index (χ1) is 12.1. The van der Waals surface area contributed by atoms with Crippen LogP contribution in [0.5, 0.6) is 0 Å². The van der Waals surface area contributed by atoms with Crippen molar-refractivity contribution in [2.45, 2.75) is 45.3 Å². The summed E-state index contributed by atoms with van der Waals surface area (Å²) in [5, 5.41) is 18.5. The highest BCUT2D eigenvalue weighted by molar-refractivity contribution is 5.84. The number of aromatic nitrogens is 4. The van der Waals surface area contributed by atoms with Gasteiger partial charge in [0.15, 0.2) is 0 Å². The number of rotatable bonds is 5. The fraction of sp³-hybridized carbons (Fsp3) is 0.529. The van der Waals surface area contributed by atoms with E-state index < -0.39 is 0 Å². The number of anilines is 1. The minimum absolute atomic E-state index is 0.0883. The van der Waals surface area contributed by atoms with E-state index in [1.807, 2.05) is 42.2 Å². The zero-order chi connectivity index (χ0) is 17.8. The van der Waals surface area contributed by atoms with Crippen LogP contribution in [0.25, 0.3) is 5.69 Å². The van der Waals surface area contributed by atoms with Gasteiger partial charge in [-0.15, -0.1) is 0 Å². The van der Waals surface area contributed by atoms with Crippen molar-refractivity contribution in [2.75, 3.05) is 18.4 Å². The summed E-state index contributed by atoms with van der Waals surface area (Å²) in [5.74, 6) is 0.563. The number of nitrogens with one attached hydrogen (secondary N) is 2. The third-order valence-electron chi connectivity index (χ3n) is 4.35. The number of hydrogen-bond donors (Lipinski definition) is 2. The van der Waals surface area contributed by atoms with Crippen molar-refractivity contribution >= 4 is 11.9 Å². The highest BCUT2D eigenvalue weighted by Gasteiger charge is 2.30. The van der Waals surface area contributed by atoms with Gasteiger partial charge in [-0.1, -0.05) is 30.2 Å². The van der Waals surface area contributed by atoms with Crippen LogP contribution in [0.3, 0.4) is 0 Å². The SMILES string of the molecule is CC[C@H](Nc1nnnn1-c1ccccc1)C(=O)N1C[C@@H](C)N[C@H](C)C1. The van der Waals surface area contributed by atoms with Crippen LogP contribution in [0.4, 0.5) is 5.95 Å². The lowest BCUT2D eigenvalue weighted by molar-refractivity contribution is -0.133. The Kier molecular flexibility index (Phi) is 5.28. The van der Waals surface area contributed by atoms with Gasteiger partial charge in [0.25, 0.3) is 0 Å². The third kappa shape index (κ3) is 3.96. The van der Waals surface area contributed by atoms with Gasteiger partial charge in [0.2, 0.25) is 11.9 Å². The minimum atomic E-state index is -0.356. The van der Waals surface area contributed by atoms with Crippen LogP contribution in [0.15, 0.2) is 30.3 Å². The molecule has 1 aromatic heterocycles. The van der Waals surface area contributed by atoms with Crippen LogP contribution in [-0.2, 0) is 4.79 Å². The van der Waals surface area contributed by atoms with E-state index in [9.17, 15) is 4.79 Å². The first-order valence-electron chi connectivity index (χ1n) is 8.73. The Morgan fingerprint density at radius 3 is 2.60 bits per heavy atom. The van der Waals surface area contributed by atoms with Crippen molar-refractivity contribution in [3.63, 3.8) is 0 Å². The van der Waals surface area contributed by atoms with Crippen molar-refractivity contribution < 1.29 is 4.79 Å². The van der Waals surface area contributed by atoms with Gasteiger partial charge >= 0.3 is 0 Å². The van der Waals surface area contributed by atoms with Crippen LogP contribution in [0, 0.1) is 0 Å². The van der Waals surface area contributed by atoms with Crippen molar-refractivity contribution in [1.29, 1.82) is 0 Å². The average molecular weight is 343 g/mol. The van der Waals surface area contributed by atoms with Crippen molar-refractivity contribution in [3.8, 4) is 5.69 Å². The highest BCUT2D eigenvalue weighted by atomic mass is 16.2. The molecule has 1 aliphatic rings.